The number of phosphoric ester groups is 2. The second kappa shape index (κ2) is 51.0. The predicted molar refractivity (Wildman–Crippen MR) is 303 cm³/mol. The second-order valence-electron chi connectivity index (χ2n) is 22.0. The SMILES string of the molecule is CCCCCCCCCC(=O)O[C@H](COC(=O)CCCCCCC)COP(=O)(O)OC[C@H](O)COP(=O)(O)OC[C@@H](COC(=O)CCCCCCCCCCC(C)C)OC(=O)CCCCCCCCCCCCCC(C)C. The molecule has 0 aliphatic rings. The van der Waals surface area contributed by atoms with Crippen LogP contribution in [0.1, 0.15) is 279 Å². The van der Waals surface area contributed by atoms with E-state index < -0.39 is 97.5 Å². The highest BCUT2D eigenvalue weighted by molar-refractivity contribution is 7.47. The monoisotopic (exact) mass is 1140 g/mol. The van der Waals surface area contributed by atoms with E-state index in [1.54, 1.807) is 0 Å². The Morgan fingerprint density at radius 1 is 0.351 bits per heavy atom. The van der Waals surface area contributed by atoms with Gasteiger partial charge in [-0.15, -0.1) is 0 Å². The van der Waals surface area contributed by atoms with E-state index in [1.165, 1.54) is 77.0 Å². The highest BCUT2D eigenvalue weighted by Crippen LogP contribution is 2.45. The minimum absolute atomic E-state index is 0.102. The minimum Gasteiger partial charge on any atom is -0.462 e. The first-order valence-electron chi connectivity index (χ1n) is 30.5. The summed E-state index contributed by atoms with van der Waals surface area (Å²) in [5.41, 5.74) is 0. The van der Waals surface area contributed by atoms with Gasteiger partial charge >= 0.3 is 39.5 Å². The van der Waals surface area contributed by atoms with E-state index in [9.17, 15) is 43.2 Å². The lowest BCUT2D eigenvalue weighted by atomic mass is 10.0. The summed E-state index contributed by atoms with van der Waals surface area (Å²) in [6.45, 7) is 9.28. The third-order valence-corrected chi connectivity index (χ3v) is 15.1. The van der Waals surface area contributed by atoms with E-state index >= 15 is 0 Å². The first-order chi connectivity index (χ1) is 36.9. The van der Waals surface area contributed by atoms with E-state index in [2.05, 4.69) is 41.5 Å². The highest BCUT2D eigenvalue weighted by atomic mass is 31.2. The third-order valence-electron chi connectivity index (χ3n) is 13.2. The molecule has 0 aromatic rings. The molecule has 0 aromatic carbocycles. The maximum Gasteiger partial charge on any atom is 0.472 e. The summed E-state index contributed by atoms with van der Waals surface area (Å²) in [6.07, 6.45) is 31.2. The average Bonchev–Trinajstić information content (AvgIpc) is 3.38. The van der Waals surface area contributed by atoms with Crippen LogP contribution in [0.4, 0.5) is 0 Å². The van der Waals surface area contributed by atoms with E-state index in [-0.39, 0.29) is 25.7 Å². The summed E-state index contributed by atoms with van der Waals surface area (Å²) < 4.78 is 67.4. The van der Waals surface area contributed by atoms with Crippen molar-refractivity contribution in [1.29, 1.82) is 0 Å². The van der Waals surface area contributed by atoms with Crippen molar-refractivity contribution in [1.82, 2.24) is 0 Å². The Morgan fingerprint density at radius 3 is 0.883 bits per heavy atom. The van der Waals surface area contributed by atoms with E-state index in [4.69, 9.17) is 37.0 Å². The number of carbonyl (C=O) groups excluding carboxylic acids is 4. The van der Waals surface area contributed by atoms with Crippen LogP contribution in [0.25, 0.3) is 0 Å². The molecule has 0 bridgehead atoms. The van der Waals surface area contributed by atoms with Crippen LogP contribution in [0.3, 0.4) is 0 Å². The van der Waals surface area contributed by atoms with E-state index in [0.29, 0.717) is 25.7 Å². The van der Waals surface area contributed by atoms with Crippen LogP contribution < -0.4 is 0 Å². The Bertz CT molecular complexity index is 1530. The number of rotatable bonds is 57. The van der Waals surface area contributed by atoms with Crippen molar-refractivity contribution in [2.24, 2.45) is 11.8 Å². The molecule has 0 heterocycles. The molecule has 77 heavy (non-hydrogen) atoms. The molecule has 2 unspecified atom stereocenters. The van der Waals surface area contributed by atoms with Crippen LogP contribution in [0.15, 0.2) is 0 Å². The normalized spacial score (nSPS) is 14.5. The fourth-order valence-corrected chi connectivity index (χ4v) is 10.0. The average molecular weight is 1140 g/mol. The fraction of sp³-hybridized carbons (Fsp3) is 0.931. The van der Waals surface area contributed by atoms with Gasteiger partial charge in [-0.1, -0.05) is 228 Å². The summed E-state index contributed by atoms with van der Waals surface area (Å²) >= 11 is 0. The van der Waals surface area contributed by atoms with Crippen LogP contribution in [0, 0.1) is 11.8 Å². The van der Waals surface area contributed by atoms with Crippen LogP contribution in [-0.2, 0) is 65.4 Å². The van der Waals surface area contributed by atoms with Gasteiger partial charge < -0.3 is 33.8 Å². The van der Waals surface area contributed by atoms with Gasteiger partial charge in [0.05, 0.1) is 26.4 Å². The largest absolute Gasteiger partial charge is 0.472 e. The molecular weight excluding hydrogens is 1030 g/mol. The fourth-order valence-electron chi connectivity index (χ4n) is 8.47. The van der Waals surface area contributed by atoms with Gasteiger partial charge in [0, 0.05) is 25.7 Å². The molecule has 0 spiro atoms. The van der Waals surface area contributed by atoms with Crippen molar-refractivity contribution >= 4 is 39.5 Å². The number of carbonyl (C=O) groups is 4. The minimum atomic E-state index is -4.94. The Morgan fingerprint density at radius 2 is 0.597 bits per heavy atom. The van der Waals surface area contributed by atoms with Crippen LogP contribution in [-0.4, -0.2) is 96.7 Å². The molecule has 0 amide bonds. The smallest absolute Gasteiger partial charge is 0.462 e. The predicted octanol–water partition coefficient (Wildman–Crippen LogP) is 15.3. The van der Waals surface area contributed by atoms with Crippen molar-refractivity contribution in [2.75, 3.05) is 39.6 Å². The molecular formula is C58H112O17P2. The zero-order valence-electron chi connectivity index (χ0n) is 49.2. The van der Waals surface area contributed by atoms with Gasteiger partial charge in [0.2, 0.25) is 0 Å². The molecule has 0 saturated heterocycles. The lowest BCUT2D eigenvalue weighted by Gasteiger charge is -2.21. The lowest BCUT2D eigenvalue weighted by molar-refractivity contribution is -0.161. The van der Waals surface area contributed by atoms with Gasteiger partial charge in [0.15, 0.2) is 12.2 Å². The maximum absolute atomic E-state index is 12.9. The Kier molecular flexibility index (Phi) is 49.7. The maximum atomic E-state index is 12.9. The Balaban J connectivity index is 5.17. The molecule has 0 aromatic heterocycles. The summed E-state index contributed by atoms with van der Waals surface area (Å²) in [7, 11) is -9.86. The molecule has 3 N–H and O–H groups in total. The molecule has 19 heteroatoms. The van der Waals surface area contributed by atoms with Gasteiger partial charge in [0.25, 0.3) is 0 Å². The van der Waals surface area contributed by atoms with Crippen molar-refractivity contribution in [3.63, 3.8) is 0 Å². The van der Waals surface area contributed by atoms with Gasteiger partial charge in [-0.25, -0.2) is 9.13 Å². The number of hydrogen-bond donors (Lipinski definition) is 3. The lowest BCUT2D eigenvalue weighted by Crippen LogP contribution is -2.30. The van der Waals surface area contributed by atoms with Crippen molar-refractivity contribution in [3.8, 4) is 0 Å². The van der Waals surface area contributed by atoms with Crippen LogP contribution >= 0.6 is 15.6 Å². The summed E-state index contributed by atoms with van der Waals surface area (Å²) in [5, 5.41) is 10.5. The first-order valence-corrected chi connectivity index (χ1v) is 33.5. The van der Waals surface area contributed by atoms with Gasteiger partial charge in [-0.3, -0.25) is 37.3 Å². The first kappa shape index (κ1) is 75.1. The standard InChI is InChI=1S/C58H112O17P2/c1-7-9-11-13-21-30-36-42-57(62)74-53(46-68-55(60)40-34-26-12-10-8-2)48-72-76(64,65)70-44-52(59)45-71-77(66,67)73-49-54(47-69-56(61)41-35-29-24-20-19-23-28-33-39-51(5)6)75-58(63)43-37-31-25-18-16-14-15-17-22-27-32-38-50(3)4/h50-54,59H,7-49H2,1-6H3,(H,64,65)(H,66,67)/t52-,53+,54+/m0/s1. The van der Waals surface area contributed by atoms with Crippen molar-refractivity contribution in [3.05, 3.63) is 0 Å². The van der Waals surface area contributed by atoms with Gasteiger partial charge in [-0.05, 0) is 37.5 Å². The Hall–Kier alpha value is -1.94. The van der Waals surface area contributed by atoms with Crippen molar-refractivity contribution < 1.29 is 80.2 Å². The number of phosphoric acid groups is 2. The van der Waals surface area contributed by atoms with Crippen LogP contribution in [0.5, 0.6) is 0 Å². The van der Waals surface area contributed by atoms with Gasteiger partial charge in [-0.2, -0.15) is 0 Å². The number of unbranched alkanes of at least 4 members (excludes halogenated alkanes) is 27. The topological polar surface area (TPSA) is 237 Å². The molecule has 0 saturated carbocycles. The summed E-state index contributed by atoms with van der Waals surface area (Å²) in [4.78, 5) is 71.6. The van der Waals surface area contributed by atoms with Crippen LogP contribution in [0.2, 0.25) is 0 Å². The van der Waals surface area contributed by atoms with Crippen molar-refractivity contribution in [2.45, 2.75) is 297 Å². The molecule has 456 valence electrons. The second-order valence-corrected chi connectivity index (χ2v) is 24.9. The molecule has 0 fully saturated rings. The van der Waals surface area contributed by atoms with Gasteiger partial charge in [0.1, 0.15) is 19.3 Å². The Labute approximate surface area is 467 Å². The summed E-state index contributed by atoms with van der Waals surface area (Å²) in [6, 6.07) is 0. The molecule has 17 nitrogen and oxygen atoms in total. The summed E-state index contributed by atoms with van der Waals surface area (Å²) in [5.74, 6) is -0.666. The molecule has 0 radical (unpaired) electrons. The molecule has 0 aliphatic heterocycles. The number of hydrogen-bond acceptors (Lipinski definition) is 15. The zero-order valence-corrected chi connectivity index (χ0v) is 51.0. The third kappa shape index (κ3) is 53.2. The number of aliphatic hydroxyl groups is 1. The number of ether oxygens (including phenoxy) is 4. The number of esters is 4. The number of aliphatic hydroxyl groups excluding tert-OH is 1. The quantitative estimate of drug-likeness (QED) is 0.0222. The molecule has 5 atom stereocenters. The molecule has 0 rings (SSSR count). The highest BCUT2D eigenvalue weighted by Gasteiger charge is 2.30. The molecule has 0 aliphatic carbocycles. The zero-order chi connectivity index (χ0) is 57.3. The van der Waals surface area contributed by atoms with E-state index in [1.807, 2.05) is 0 Å². The van der Waals surface area contributed by atoms with E-state index in [0.717, 1.165) is 121 Å².